The Morgan fingerprint density at radius 2 is 0.792 bits per heavy atom. The van der Waals surface area contributed by atoms with Crippen LogP contribution < -0.4 is 5.32 Å². The molecule has 3 N–H and O–H groups in total. The lowest BCUT2D eigenvalue weighted by atomic mass is 10.0. The van der Waals surface area contributed by atoms with Crippen LogP contribution in [0.4, 0.5) is 0 Å². The number of carbonyl (C=O) groups is 1. The largest absolute Gasteiger partial charge is 0.472 e. The van der Waals surface area contributed by atoms with Gasteiger partial charge in [-0.1, -0.05) is 288 Å². The van der Waals surface area contributed by atoms with Crippen molar-refractivity contribution in [3.8, 4) is 0 Å². The summed E-state index contributed by atoms with van der Waals surface area (Å²) in [4.78, 5) is 23.3. The molecule has 72 heavy (non-hydrogen) atoms. The van der Waals surface area contributed by atoms with Crippen LogP contribution in [0.25, 0.3) is 0 Å². The van der Waals surface area contributed by atoms with Gasteiger partial charge in [0.25, 0.3) is 0 Å². The lowest BCUT2D eigenvalue weighted by molar-refractivity contribution is -0.870. The molecular formula is C63H124N2O6P+. The molecule has 0 aromatic heterocycles. The third kappa shape index (κ3) is 56.4. The third-order valence-electron chi connectivity index (χ3n) is 14.4. The summed E-state index contributed by atoms with van der Waals surface area (Å²) in [5.41, 5.74) is 0. The molecule has 0 aromatic rings. The first-order chi connectivity index (χ1) is 35.0. The Hall–Kier alpha value is -1.28. The molecule has 3 unspecified atom stereocenters. The van der Waals surface area contributed by atoms with Gasteiger partial charge in [-0.3, -0.25) is 13.8 Å². The van der Waals surface area contributed by atoms with Crippen molar-refractivity contribution in [2.24, 2.45) is 0 Å². The summed E-state index contributed by atoms with van der Waals surface area (Å²) in [6.45, 7) is 4.83. The fourth-order valence-corrected chi connectivity index (χ4v) is 10.2. The van der Waals surface area contributed by atoms with E-state index in [1.165, 1.54) is 244 Å². The van der Waals surface area contributed by atoms with E-state index in [9.17, 15) is 19.4 Å². The van der Waals surface area contributed by atoms with E-state index in [2.05, 4.69) is 43.5 Å². The van der Waals surface area contributed by atoms with Gasteiger partial charge in [-0.2, -0.15) is 0 Å². The predicted molar refractivity (Wildman–Crippen MR) is 314 cm³/mol. The second kappa shape index (κ2) is 54.5. The number of likely N-dealkylation sites (N-methyl/N-ethyl adjacent to an activating group) is 1. The molecule has 426 valence electrons. The van der Waals surface area contributed by atoms with E-state index >= 15 is 0 Å². The second-order valence-electron chi connectivity index (χ2n) is 22.8. The zero-order chi connectivity index (χ0) is 52.7. The van der Waals surface area contributed by atoms with Crippen molar-refractivity contribution in [1.82, 2.24) is 5.32 Å². The first-order valence-corrected chi connectivity index (χ1v) is 32.9. The van der Waals surface area contributed by atoms with Gasteiger partial charge in [0.2, 0.25) is 5.91 Å². The first-order valence-electron chi connectivity index (χ1n) is 31.4. The number of quaternary nitrogens is 1. The quantitative estimate of drug-likeness (QED) is 0.0243. The molecule has 0 fully saturated rings. The normalized spacial score (nSPS) is 14.0. The summed E-state index contributed by atoms with van der Waals surface area (Å²) < 4.78 is 23.7. The number of nitrogens with zero attached hydrogens (tertiary/aromatic N) is 1. The van der Waals surface area contributed by atoms with Gasteiger partial charge in [-0.05, 0) is 51.4 Å². The van der Waals surface area contributed by atoms with Gasteiger partial charge < -0.3 is 19.8 Å². The maximum absolute atomic E-state index is 13.0. The van der Waals surface area contributed by atoms with Gasteiger partial charge in [-0.15, -0.1) is 0 Å². The van der Waals surface area contributed by atoms with Crippen molar-refractivity contribution < 1.29 is 32.9 Å². The number of rotatable bonds is 58. The highest BCUT2D eigenvalue weighted by Gasteiger charge is 2.27. The number of hydrogen-bond acceptors (Lipinski definition) is 5. The molecule has 3 atom stereocenters. The van der Waals surface area contributed by atoms with Crippen molar-refractivity contribution in [3.05, 3.63) is 36.5 Å². The predicted octanol–water partition coefficient (Wildman–Crippen LogP) is 19.3. The SMILES string of the molecule is CCCCC/C=C\C/C=C\CCCCCCCCCCCC(=O)NC(COP(=O)(O)OCC[N+](C)(C)C)C(O)/C=C/CCCCCCCCCCCCCCCCCCCCCCCCCCCCCCC. The number of nitrogens with one attached hydrogen (secondary N) is 1. The highest BCUT2D eigenvalue weighted by atomic mass is 31.2. The van der Waals surface area contributed by atoms with E-state index in [1.54, 1.807) is 6.08 Å². The van der Waals surface area contributed by atoms with Gasteiger partial charge in [0.1, 0.15) is 13.2 Å². The molecule has 0 heterocycles. The van der Waals surface area contributed by atoms with Crippen molar-refractivity contribution in [1.29, 1.82) is 0 Å². The summed E-state index contributed by atoms with van der Waals surface area (Å²) in [7, 11) is 1.58. The second-order valence-corrected chi connectivity index (χ2v) is 24.2. The Morgan fingerprint density at radius 1 is 0.472 bits per heavy atom. The fourth-order valence-electron chi connectivity index (χ4n) is 9.43. The lowest BCUT2D eigenvalue weighted by Gasteiger charge is -2.25. The molecular weight excluding hydrogens is 912 g/mol. The van der Waals surface area contributed by atoms with Crippen LogP contribution in [0.3, 0.4) is 0 Å². The van der Waals surface area contributed by atoms with Crippen LogP contribution in [0.1, 0.15) is 309 Å². The van der Waals surface area contributed by atoms with Crippen molar-refractivity contribution in [2.75, 3.05) is 40.9 Å². The molecule has 0 bridgehead atoms. The average Bonchev–Trinajstić information content (AvgIpc) is 3.34. The lowest BCUT2D eigenvalue weighted by Crippen LogP contribution is -2.45. The van der Waals surface area contributed by atoms with Crippen molar-refractivity contribution in [2.45, 2.75) is 321 Å². The number of amides is 1. The molecule has 9 heteroatoms. The van der Waals surface area contributed by atoms with Gasteiger partial charge >= 0.3 is 7.82 Å². The van der Waals surface area contributed by atoms with Gasteiger partial charge in [-0.25, -0.2) is 4.57 Å². The maximum atomic E-state index is 13.0. The van der Waals surface area contributed by atoms with E-state index in [0.29, 0.717) is 17.4 Å². The van der Waals surface area contributed by atoms with Crippen LogP contribution in [0.5, 0.6) is 0 Å². The third-order valence-corrected chi connectivity index (χ3v) is 15.3. The number of carbonyl (C=O) groups excluding carboxylic acids is 1. The van der Waals surface area contributed by atoms with E-state index in [4.69, 9.17) is 9.05 Å². The Kier molecular flexibility index (Phi) is 53.5. The molecule has 0 aliphatic carbocycles. The topological polar surface area (TPSA) is 105 Å². The number of unbranched alkanes of at least 4 members (excludes halogenated alkanes) is 41. The minimum absolute atomic E-state index is 0.0611. The molecule has 0 aliphatic heterocycles. The number of aliphatic hydroxyl groups excluding tert-OH is 1. The zero-order valence-corrected chi connectivity index (χ0v) is 49.6. The van der Waals surface area contributed by atoms with E-state index in [-0.39, 0.29) is 19.1 Å². The Labute approximate surface area is 448 Å². The van der Waals surface area contributed by atoms with Crippen molar-refractivity contribution >= 4 is 13.7 Å². The van der Waals surface area contributed by atoms with Gasteiger partial charge in [0, 0.05) is 6.42 Å². The molecule has 0 spiro atoms. The van der Waals surface area contributed by atoms with Crippen LogP contribution in [0.2, 0.25) is 0 Å². The molecule has 0 saturated heterocycles. The average molecular weight is 1040 g/mol. The highest BCUT2D eigenvalue weighted by Crippen LogP contribution is 2.43. The number of phosphoric acid groups is 1. The summed E-state index contributed by atoms with van der Waals surface area (Å²) in [6.07, 6.45) is 71.2. The Balaban J connectivity index is 4.09. The molecule has 0 aromatic carbocycles. The number of phosphoric ester groups is 1. The molecule has 0 radical (unpaired) electrons. The number of hydrogen-bond donors (Lipinski definition) is 3. The van der Waals surface area contributed by atoms with E-state index < -0.39 is 20.0 Å². The molecule has 1 amide bonds. The monoisotopic (exact) mass is 1040 g/mol. The summed E-state index contributed by atoms with van der Waals surface area (Å²) in [5, 5.41) is 14.0. The van der Waals surface area contributed by atoms with Crippen LogP contribution in [0, 0.1) is 0 Å². The molecule has 8 nitrogen and oxygen atoms in total. The first kappa shape index (κ1) is 70.7. The minimum Gasteiger partial charge on any atom is -0.387 e. The summed E-state index contributed by atoms with van der Waals surface area (Å²) in [5.74, 6) is -0.178. The molecule has 0 saturated carbocycles. The van der Waals surface area contributed by atoms with Crippen LogP contribution in [0.15, 0.2) is 36.5 Å². The summed E-state index contributed by atoms with van der Waals surface area (Å²) in [6, 6.07) is -0.850. The number of allylic oxidation sites excluding steroid dienone is 5. The Morgan fingerprint density at radius 3 is 1.17 bits per heavy atom. The highest BCUT2D eigenvalue weighted by molar-refractivity contribution is 7.47. The smallest absolute Gasteiger partial charge is 0.387 e. The molecule has 0 aliphatic rings. The van der Waals surface area contributed by atoms with E-state index in [0.717, 1.165) is 44.9 Å². The fraction of sp³-hybridized carbons (Fsp3) is 0.889. The zero-order valence-electron chi connectivity index (χ0n) is 48.7. The van der Waals surface area contributed by atoms with Crippen LogP contribution in [-0.4, -0.2) is 73.4 Å². The minimum atomic E-state index is -4.35. The van der Waals surface area contributed by atoms with Crippen LogP contribution in [-0.2, 0) is 18.4 Å². The van der Waals surface area contributed by atoms with Gasteiger partial charge in [0.15, 0.2) is 0 Å². The van der Waals surface area contributed by atoms with Crippen molar-refractivity contribution in [3.63, 3.8) is 0 Å². The maximum Gasteiger partial charge on any atom is 0.472 e. The molecule has 0 rings (SSSR count). The summed E-state index contributed by atoms with van der Waals surface area (Å²) >= 11 is 0. The van der Waals surface area contributed by atoms with Gasteiger partial charge in [0.05, 0.1) is 39.9 Å². The van der Waals surface area contributed by atoms with E-state index in [1.807, 2.05) is 27.2 Å². The van der Waals surface area contributed by atoms with Crippen LogP contribution >= 0.6 is 7.82 Å². The standard InChI is InChI=1S/C63H123N2O6P/c1-6-8-10-12-14-16-18-20-22-24-26-27-28-29-30-31-32-33-34-35-36-37-39-40-42-44-46-48-50-52-54-56-62(66)61(60-71-72(68,69)70-59-58-65(3,4)5)64-63(67)57-55-53-51-49-47-45-43-41-38-25-23-21-19-17-15-13-11-9-7-2/h15,17,21,23,54,56,61-62,66H,6-14,16,18-20,22,24-53,55,57-60H2,1-5H3,(H-,64,67,68,69)/p+1/b17-15-,23-21-,56-54+. The Bertz CT molecular complexity index is 1270. The number of aliphatic hydroxyl groups is 1.